The Morgan fingerprint density at radius 2 is 1.41 bits per heavy atom. The minimum absolute atomic E-state index is 0.0222. The molecular weight excluding hydrogens is 352 g/mol. The van der Waals surface area contributed by atoms with Gasteiger partial charge in [0.2, 0.25) is 5.91 Å². The summed E-state index contributed by atoms with van der Waals surface area (Å²) in [6.07, 6.45) is 2.90. The molecule has 0 heterocycles. The van der Waals surface area contributed by atoms with Crippen LogP contribution in [-0.2, 0) is 23.7 Å². The molecule has 0 saturated heterocycles. The fourth-order valence-corrected chi connectivity index (χ4v) is 1.87. The van der Waals surface area contributed by atoms with E-state index in [1.165, 1.54) is 0 Å². The van der Waals surface area contributed by atoms with Crippen molar-refractivity contribution in [3.8, 4) is 0 Å². The number of nitrogens with one attached hydrogen (secondary N) is 2. The van der Waals surface area contributed by atoms with E-state index in [-0.39, 0.29) is 5.91 Å². The molecule has 0 bridgehead atoms. The second-order valence-electron chi connectivity index (χ2n) is 7.07. The van der Waals surface area contributed by atoms with E-state index in [1.807, 2.05) is 20.8 Å². The van der Waals surface area contributed by atoms with Gasteiger partial charge in [-0.1, -0.05) is 13.3 Å². The molecule has 0 aliphatic carbocycles. The molecule has 0 spiro atoms. The first-order valence-electron chi connectivity index (χ1n) is 9.82. The van der Waals surface area contributed by atoms with Gasteiger partial charge in [0, 0.05) is 32.7 Å². The van der Waals surface area contributed by atoms with Gasteiger partial charge in [0.05, 0.1) is 26.4 Å². The van der Waals surface area contributed by atoms with Crippen molar-refractivity contribution in [2.45, 2.75) is 59.0 Å². The molecule has 0 aromatic carbocycles. The number of unbranched alkanes of at least 4 members (excludes halogenated alkanes) is 1. The highest BCUT2D eigenvalue weighted by Gasteiger charge is 2.15. The van der Waals surface area contributed by atoms with Crippen LogP contribution >= 0.6 is 0 Å². The van der Waals surface area contributed by atoms with Gasteiger partial charge in [-0.15, -0.1) is 0 Å². The molecule has 0 aromatic rings. The largest absolute Gasteiger partial charge is 0.444 e. The van der Waals surface area contributed by atoms with Crippen LogP contribution in [0.25, 0.3) is 0 Å². The Hall–Kier alpha value is -1.38. The molecule has 2 amide bonds. The fraction of sp³-hybridized carbons (Fsp3) is 0.895. The minimum atomic E-state index is -0.506. The molecular formula is C19H38N2O6. The predicted octanol–water partition coefficient (Wildman–Crippen LogP) is 2.26. The van der Waals surface area contributed by atoms with E-state index >= 15 is 0 Å². The third-order valence-electron chi connectivity index (χ3n) is 3.19. The van der Waals surface area contributed by atoms with Gasteiger partial charge in [0.25, 0.3) is 0 Å². The predicted molar refractivity (Wildman–Crippen MR) is 104 cm³/mol. The van der Waals surface area contributed by atoms with Gasteiger partial charge in [-0.2, -0.15) is 0 Å². The Kier molecular flexibility index (Phi) is 15.9. The zero-order valence-electron chi connectivity index (χ0n) is 17.4. The normalized spacial score (nSPS) is 11.3. The topological polar surface area (TPSA) is 95.1 Å². The molecule has 0 aliphatic rings. The van der Waals surface area contributed by atoms with Crippen LogP contribution < -0.4 is 10.6 Å². The lowest BCUT2D eigenvalue weighted by Crippen LogP contribution is -2.34. The van der Waals surface area contributed by atoms with Crippen molar-refractivity contribution < 1.29 is 28.5 Å². The Bertz CT molecular complexity index is 385. The summed E-state index contributed by atoms with van der Waals surface area (Å²) in [5.41, 5.74) is -0.506. The van der Waals surface area contributed by atoms with Crippen LogP contribution in [0, 0.1) is 0 Å². The van der Waals surface area contributed by atoms with Crippen LogP contribution in [0.3, 0.4) is 0 Å². The molecule has 0 saturated carbocycles. The standard InChI is InChI=1S/C19H38N2O6/c1-5-6-11-24-12-7-9-20-17(22)8-13-25-15-16-26-14-10-21-18(23)27-19(2,3)4/h5-16H2,1-4H3,(H,20,22)(H,21,23). The van der Waals surface area contributed by atoms with Crippen molar-refractivity contribution >= 4 is 12.0 Å². The molecule has 0 atom stereocenters. The quantitative estimate of drug-likeness (QED) is 0.393. The number of ether oxygens (including phenoxy) is 4. The lowest BCUT2D eigenvalue weighted by atomic mass is 10.2. The maximum atomic E-state index is 11.6. The summed E-state index contributed by atoms with van der Waals surface area (Å²) >= 11 is 0. The van der Waals surface area contributed by atoms with Crippen molar-refractivity contribution in [2.24, 2.45) is 0 Å². The molecule has 0 aromatic heterocycles. The number of amides is 2. The number of carbonyl (C=O) groups excluding carboxylic acids is 2. The van der Waals surface area contributed by atoms with Gasteiger partial charge in [-0.05, 0) is 33.6 Å². The van der Waals surface area contributed by atoms with Gasteiger partial charge in [0.1, 0.15) is 5.60 Å². The lowest BCUT2D eigenvalue weighted by Gasteiger charge is -2.19. The van der Waals surface area contributed by atoms with Crippen LogP contribution in [0.15, 0.2) is 0 Å². The molecule has 0 rings (SSSR count). The van der Waals surface area contributed by atoms with Crippen LogP contribution in [0.2, 0.25) is 0 Å². The van der Waals surface area contributed by atoms with E-state index in [0.717, 1.165) is 25.9 Å². The molecule has 2 N–H and O–H groups in total. The number of hydrogen-bond acceptors (Lipinski definition) is 6. The third kappa shape index (κ3) is 20.8. The number of rotatable bonds is 16. The first-order chi connectivity index (χ1) is 12.8. The summed E-state index contributed by atoms with van der Waals surface area (Å²) in [6, 6.07) is 0. The molecule has 0 aliphatic heterocycles. The van der Waals surface area contributed by atoms with Crippen molar-refractivity contribution in [2.75, 3.05) is 52.7 Å². The first-order valence-corrected chi connectivity index (χ1v) is 9.82. The van der Waals surface area contributed by atoms with Gasteiger partial charge in [-0.25, -0.2) is 4.79 Å². The monoisotopic (exact) mass is 390 g/mol. The molecule has 8 heteroatoms. The highest BCUT2D eigenvalue weighted by atomic mass is 16.6. The smallest absolute Gasteiger partial charge is 0.407 e. The molecule has 0 radical (unpaired) electrons. The lowest BCUT2D eigenvalue weighted by molar-refractivity contribution is -0.122. The van der Waals surface area contributed by atoms with Crippen molar-refractivity contribution in [3.63, 3.8) is 0 Å². The molecule has 8 nitrogen and oxygen atoms in total. The van der Waals surface area contributed by atoms with Crippen LogP contribution in [0.4, 0.5) is 4.79 Å². The Labute approximate surface area is 163 Å². The summed E-state index contributed by atoms with van der Waals surface area (Å²) < 4.78 is 21.2. The second-order valence-corrected chi connectivity index (χ2v) is 7.07. The summed E-state index contributed by atoms with van der Waals surface area (Å²) in [4.78, 5) is 23.0. The van der Waals surface area contributed by atoms with Crippen molar-refractivity contribution in [1.82, 2.24) is 10.6 Å². The molecule has 27 heavy (non-hydrogen) atoms. The molecule has 0 unspecified atom stereocenters. The van der Waals surface area contributed by atoms with E-state index in [0.29, 0.717) is 52.5 Å². The van der Waals surface area contributed by atoms with Crippen LogP contribution in [0.5, 0.6) is 0 Å². The van der Waals surface area contributed by atoms with Crippen molar-refractivity contribution in [1.29, 1.82) is 0 Å². The van der Waals surface area contributed by atoms with Gasteiger partial charge >= 0.3 is 6.09 Å². The second kappa shape index (κ2) is 16.8. The maximum Gasteiger partial charge on any atom is 0.407 e. The Morgan fingerprint density at radius 3 is 2.07 bits per heavy atom. The van der Waals surface area contributed by atoms with E-state index in [9.17, 15) is 9.59 Å². The SMILES string of the molecule is CCCCOCCCNC(=O)CCOCCOCCNC(=O)OC(C)(C)C. The minimum Gasteiger partial charge on any atom is -0.444 e. The summed E-state index contributed by atoms with van der Waals surface area (Å²) in [5.74, 6) is -0.0222. The average Bonchev–Trinajstić information content (AvgIpc) is 2.58. The summed E-state index contributed by atoms with van der Waals surface area (Å²) in [7, 11) is 0. The van der Waals surface area contributed by atoms with Gasteiger partial charge in [0.15, 0.2) is 0 Å². The maximum absolute atomic E-state index is 11.6. The van der Waals surface area contributed by atoms with Gasteiger partial charge in [-0.3, -0.25) is 4.79 Å². The number of hydrogen-bond donors (Lipinski definition) is 2. The first kappa shape index (κ1) is 25.6. The zero-order chi connectivity index (χ0) is 20.4. The average molecular weight is 391 g/mol. The van der Waals surface area contributed by atoms with E-state index in [1.54, 1.807) is 0 Å². The van der Waals surface area contributed by atoms with E-state index < -0.39 is 11.7 Å². The zero-order valence-corrected chi connectivity index (χ0v) is 17.4. The van der Waals surface area contributed by atoms with Crippen LogP contribution in [-0.4, -0.2) is 70.3 Å². The van der Waals surface area contributed by atoms with Crippen molar-refractivity contribution in [3.05, 3.63) is 0 Å². The number of carbonyl (C=O) groups is 2. The highest BCUT2D eigenvalue weighted by Crippen LogP contribution is 2.06. The van der Waals surface area contributed by atoms with Crippen LogP contribution in [0.1, 0.15) is 53.4 Å². The third-order valence-corrected chi connectivity index (χ3v) is 3.19. The van der Waals surface area contributed by atoms with Gasteiger partial charge < -0.3 is 29.6 Å². The summed E-state index contributed by atoms with van der Waals surface area (Å²) in [5, 5.41) is 5.44. The Balaban J connectivity index is 3.30. The van der Waals surface area contributed by atoms with E-state index in [4.69, 9.17) is 18.9 Å². The highest BCUT2D eigenvalue weighted by molar-refractivity contribution is 5.75. The number of alkyl carbamates (subject to hydrolysis) is 1. The summed E-state index contributed by atoms with van der Waals surface area (Å²) in [6.45, 7) is 11.6. The fourth-order valence-electron chi connectivity index (χ4n) is 1.87. The van der Waals surface area contributed by atoms with E-state index in [2.05, 4.69) is 17.6 Å². The molecule has 160 valence electrons. The Morgan fingerprint density at radius 1 is 0.778 bits per heavy atom. The molecule has 0 fully saturated rings.